The van der Waals surface area contributed by atoms with Crippen LogP contribution in [0.5, 0.6) is 0 Å². The lowest BCUT2D eigenvalue weighted by Gasteiger charge is -2.07. The second-order valence-electron chi connectivity index (χ2n) is 5.68. The second kappa shape index (κ2) is 8.48. The van der Waals surface area contributed by atoms with Gasteiger partial charge in [-0.3, -0.25) is 14.5 Å². The van der Waals surface area contributed by atoms with Crippen molar-refractivity contribution in [2.75, 3.05) is 5.75 Å². The van der Waals surface area contributed by atoms with Crippen molar-refractivity contribution in [3.63, 3.8) is 0 Å². The highest BCUT2D eigenvalue weighted by Crippen LogP contribution is 2.18. The van der Waals surface area contributed by atoms with E-state index in [0.717, 1.165) is 22.6 Å². The van der Waals surface area contributed by atoms with E-state index in [1.54, 1.807) is 35.0 Å². The number of hydrogen-bond acceptors (Lipinski definition) is 4. The molecule has 0 bridgehead atoms. The molecule has 0 atom stereocenters. The van der Waals surface area contributed by atoms with Crippen molar-refractivity contribution in [3.8, 4) is 11.3 Å². The summed E-state index contributed by atoms with van der Waals surface area (Å²) in [7, 11) is 1.90. The average molecular weight is 352 g/mol. The highest BCUT2D eigenvalue weighted by Gasteiger charge is 2.06. The third kappa shape index (κ3) is 4.93. The van der Waals surface area contributed by atoms with Gasteiger partial charge in [-0.1, -0.05) is 30.3 Å². The molecule has 0 radical (unpaired) electrons. The highest BCUT2D eigenvalue weighted by atomic mass is 32.2. The van der Waals surface area contributed by atoms with Crippen molar-refractivity contribution in [2.24, 2.45) is 7.05 Å². The Morgan fingerprint density at radius 1 is 1.16 bits per heavy atom. The first kappa shape index (κ1) is 17.2. The van der Waals surface area contributed by atoms with Crippen molar-refractivity contribution >= 4 is 17.7 Å². The number of pyridine rings is 1. The lowest BCUT2D eigenvalue weighted by atomic mass is 10.1. The molecule has 3 rings (SSSR count). The summed E-state index contributed by atoms with van der Waals surface area (Å²) in [6.07, 6.45) is 5.34. The minimum atomic E-state index is 0.0341. The number of aryl methyl sites for hydroxylation is 1. The number of aromatic nitrogens is 3. The van der Waals surface area contributed by atoms with Crippen LogP contribution in [0.25, 0.3) is 11.3 Å². The SMILES string of the molecule is Cn1nccc1-c1cncc(CNC(=O)CSCc2ccccc2)c1. The summed E-state index contributed by atoms with van der Waals surface area (Å²) >= 11 is 1.61. The number of rotatable bonds is 7. The Labute approximate surface area is 151 Å². The molecule has 25 heavy (non-hydrogen) atoms. The Hall–Kier alpha value is -2.60. The Bertz CT molecular complexity index is 832. The van der Waals surface area contributed by atoms with E-state index in [-0.39, 0.29) is 5.91 Å². The van der Waals surface area contributed by atoms with Gasteiger partial charge >= 0.3 is 0 Å². The molecular weight excluding hydrogens is 332 g/mol. The lowest BCUT2D eigenvalue weighted by molar-refractivity contribution is -0.118. The molecule has 0 fully saturated rings. The maximum Gasteiger partial charge on any atom is 0.230 e. The molecule has 2 aromatic heterocycles. The van der Waals surface area contributed by atoms with Crippen LogP contribution >= 0.6 is 11.8 Å². The van der Waals surface area contributed by atoms with Gasteiger partial charge in [0, 0.05) is 43.5 Å². The third-order valence-corrected chi connectivity index (χ3v) is 4.75. The predicted molar refractivity (Wildman–Crippen MR) is 101 cm³/mol. The van der Waals surface area contributed by atoms with Crippen molar-refractivity contribution < 1.29 is 4.79 Å². The molecule has 0 unspecified atom stereocenters. The van der Waals surface area contributed by atoms with Crippen molar-refractivity contribution in [3.05, 3.63) is 72.2 Å². The molecule has 1 amide bonds. The fourth-order valence-electron chi connectivity index (χ4n) is 2.47. The first-order chi connectivity index (χ1) is 12.2. The predicted octanol–water partition coefficient (Wildman–Crippen LogP) is 3.03. The van der Waals surface area contributed by atoms with Crippen LogP contribution in [0.1, 0.15) is 11.1 Å². The standard InChI is InChI=1S/C19H20N4OS/c1-23-18(7-8-22-23)17-9-16(10-20-12-17)11-21-19(24)14-25-13-15-5-3-2-4-6-15/h2-10,12H,11,13-14H2,1H3,(H,21,24). The first-order valence-corrected chi connectivity index (χ1v) is 9.18. The van der Waals surface area contributed by atoms with E-state index in [4.69, 9.17) is 0 Å². The van der Waals surface area contributed by atoms with Crippen LogP contribution in [-0.4, -0.2) is 26.4 Å². The van der Waals surface area contributed by atoms with Gasteiger partial charge in [0.1, 0.15) is 0 Å². The number of thioether (sulfide) groups is 1. The van der Waals surface area contributed by atoms with E-state index in [0.29, 0.717) is 12.3 Å². The van der Waals surface area contributed by atoms with Gasteiger partial charge in [-0.25, -0.2) is 0 Å². The molecule has 0 aliphatic carbocycles. The van der Waals surface area contributed by atoms with Gasteiger partial charge in [0.2, 0.25) is 5.91 Å². The Morgan fingerprint density at radius 2 is 2.00 bits per heavy atom. The zero-order chi connectivity index (χ0) is 17.5. The van der Waals surface area contributed by atoms with Gasteiger partial charge in [-0.2, -0.15) is 5.10 Å². The van der Waals surface area contributed by atoms with Gasteiger partial charge in [0.25, 0.3) is 0 Å². The molecule has 0 saturated heterocycles. The summed E-state index contributed by atoms with van der Waals surface area (Å²) in [5.74, 6) is 1.32. The highest BCUT2D eigenvalue weighted by molar-refractivity contribution is 7.99. The summed E-state index contributed by atoms with van der Waals surface area (Å²) in [5, 5.41) is 7.12. The fourth-order valence-corrected chi connectivity index (χ4v) is 3.29. The van der Waals surface area contributed by atoms with Crippen LogP contribution < -0.4 is 5.32 Å². The van der Waals surface area contributed by atoms with Crippen LogP contribution in [0.3, 0.4) is 0 Å². The number of carbonyl (C=O) groups is 1. The zero-order valence-corrected chi connectivity index (χ0v) is 14.9. The van der Waals surface area contributed by atoms with Gasteiger partial charge in [0.15, 0.2) is 0 Å². The summed E-state index contributed by atoms with van der Waals surface area (Å²) < 4.78 is 1.81. The second-order valence-corrected chi connectivity index (χ2v) is 6.66. The van der Waals surface area contributed by atoms with Gasteiger partial charge < -0.3 is 5.32 Å². The summed E-state index contributed by atoms with van der Waals surface area (Å²) in [6.45, 7) is 0.476. The smallest absolute Gasteiger partial charge is 0.230 e. The maximum atomic E-state index is 12.0. The van der Waals surface area contributed by atoms with E-state index in [1.165, 1.54) is 5.56 Å². The molecule has 0 spiro atoms. The van der Waals surface area contributed by atoms with Crippen molar-refractivity contribution in [2.45, 2.75) is 12.3 Å². The number of carbonyl (C=O) groups excluding carboxylic acids is 1. The molecular formula is C19H20N4OS. The molecule has 3 aromatic rings. The van der Waals surface area contributed by atoms with Gasteiger partial charge in [-0.15, -0.1) is 11.8 Å². The molecule has 0 saturated carbocycles. The normalized spacial score (nSPS) is 10.6. The largest absolute Gasteiger partial charge is 0.351 e. The zero-order valence-electron chi connectivity index (χ0n) is 14.1. The molecule has 6 heteroatoms. The average Bonchev–Trinajstić information content (AvgIpc) is 3.07. The minimum absolute atomic E-state index is 0.0341. The molecule has 128 valence electrons. The van der Waals surface area contributed by atoms with Gasteiger partial charge in [0.05, 0.1) is 11.4 Å². The molecule has 1 aromatic carbocycles. The van der Waals surface area contributed by atoms with Crippen LogP contribution in [0, 0.1) is 0 Å². The molecule has 0 aliphatic heterocycles. The summed E-state index contributed by atoms with van der Waals surface area (Å²) in [4.78, 5) is 16.3. The van der Waals surface area contributed by atoms with Crippen LogP contribution in [0.15, 0.2) is 61.1 Å². The topological polar surface area (TPSA) is 59.8 Å². The number of nitrogens with zero attached hydrogens (tertiary/aromatic N) is 3. The lowest BCUT2D eigenvalue weighted by Crippen LogP contribution is -2.24. The van der Waals surface area contributed by atoms with Crippen LogP contribution in [0.4, 0.5) is 0 Å². The maximum absolute atomic E-state index is 12.0. The number of benzene rings is 1. The van der Waals surface area contributed by atoms with Crippen molar-refractivity contribution in [1.82, 2.24) is 20.1 Å². The monoisotopic (exact) mass is 352 g/mol. The number of hydrogen-bond donors (Lipinski definition) is 1. The van der Waals surface area contributed by atoms with E-state index >= 15 is 0 Å². The Kier molecular flexibility index (Phi) is 5.85. The van der Waals surface area contributed by atoms with Crippen LogP contribution in [-0.2, 0) is 24.1 Å². The van der Waals surface area contributed by atoms with E-state index in [1.807, 2.05) is 37.4 Å². The molecule has 1 N–H and O–H groups in total. The molecule has 2 heterocycles. The van der Waals surface area contributed by atoms with Crippen molar-refractivity contribution in [1.29, 1.82) is 0 Å². The summed E-state index contributed by atoms with van der Waals surface area (Å²) in [6, 6.07) is 14.1. The third-order valence-electron chi connectivity index (χ3n) is 3.75. The summed E-state index contributed by atoms with van der Waals surface area (Å²) in [5.41, 5.74) is 4.19. The molecule has 5 nitrogen and oxygen atoms in total. The number of amides is 1. The van der Waals surface area contributed by atoms with E-state index in [9.17, 15) is 4.79 Å². The van der Waals surface area contributed by atoms with Gasteiger partial charge in [-0.05, 0) is 23.3 Å². The molecule has 0 aliphatic rings. The van der Waals surface area contributed by atoms with Crippen LogP contribution in [0.2, 0.25) is 0 Å². The van der Waals surface area contributed by atoms with E-state index in [2.05, 4.69) is 27.5 Å². The number of nitrogens with one attached hydrogen (secondary N) is 1. The van der Waals surface area contributed by atoms with E-state index < -0.39 is 0 Å². The quantitative estimate of drug-likeness (QED) is 0.710. The minimum Gasteiger partial charge on any atom is -0.351 e. The Morgan fingerprint density at radius 3 is 2.76 bits per heavy atom. The fraction of sp³-hybridized carbons (Fsp3) is 0.211. The Balaban J connectivity index is 1.48. The first-order valence-electron chi connectivity index (χ1n) is 8.03.